The number of nitrogens with two attached hydrogens (primary N) is 1. The van der Waals surface area contributed by atoms with Crippen LogP contribution in [0.25, 0.3) is 0 Å². The van der Waals surface area contributed by atoms with Crippen LogP contribution in [-0.2, 0) is 0 Å². The predicted octanol–water partition coefficient (Wildman–Crippen LogP) is 3.59. The van der Waals surface area contributed by atoms with E-state index in [-0.39, 0.29) is 26.6 Å². The molecule has 0 spiro atoms. The lowest BCUT2D eigenvalue weighted by Crippen LogP contribution is -2.28. The van der Waals surface area contributed by atoms with Gasteiger partial charge in [-0.3, -0.25) is 4.79 Å². The van der Waals surface area contributed by atoms with Crippen molar-refractivity contribution in [2.75, 3.05) is 5.73 Å². The van der Waals surface area contributed by atoms with Gasteiger partial charge in [0.2, 0.25) is 0 Å². The second kappa shape index (κ2) is 7.82. The molecule has 0 aliphatic rings. The monoisotopic (exact) mass is 351 g/mol. The molecule has 0 radical (unpaired) electrons. The Kier molecular flexibility index (Phi) is 6.71. The molecule has 0 saturated heterocycles. The first kappa shape index (κ1) is 18.0. The van der Waals surface area contributed by atoms with Crippen LogP contribution in [-0.4, -0.2) is 11.6 Å². The molecule has 1 heterocycles. The molecule has 0 saturated carbocycles. The van der Waals surface area contributed by atoms with Crippen molar-refractivity contribution in [1.82, 2.24) is 5.43 Å². The molecule has 5 nitrogen and oxygen atoms in total. The van der Waals surface area contributed by atoms with E-state index >= 15 is 0 Å². The number of halogens is 3. The highest BCUT2D eigenvalue weighted by Crippen LogP contribution is 2.31. The molecule has 1 rings (SSSR count). The highest BCUT2D eigenvalue weighted by Gasteiger charge is 2.25. The Morgan fingerprint density at radius 2 is 1.95 bits per heavy atom. The average molecular weight is 353 g/mol. The van der Waals surface area contributed by atoms with Crippen molar-refractivity contribution in [3.8, 4) is 0 Å². The third kappa shape index (κ3) is 5.02. The van der Waals surface area contributed by atoms with Gasteiger partial charge < -0.3 is 5.73 Å². The van der Waals surface area contributed by atoms with E-state index in [0.717, 1.165) is 18.6 Å². The maximum Gasteiger partial charge on any atom is 0.337 e. The van der Waals surface area contributed by atoms with E-state index in [1.54, 1.807) is 0 Å². The summed E-state index contributed by atoms with van der Waals surface area (Å²) in [6.45, 7) is 6.09. The van der Waals surface area contributed by atoms with Gasteiger partial charge in [-0.05, 0) is 37.3 Å². The summed E-state index contributed by atoms with van der Waals surface area (Å²) < 4.78 is 0. The summed E-state index contributed by atoms with van der Waals surface area (Å²) in [4.78, 5) is 14.6. The lowest BCUT2D eigenvalue weighted by molar-refractivity contribution is -0.379. The van der Waals surface area contributed by atoms with Crippen molar-refractivity contribution in [1.29, 1.82) is 0 Å². The van der Waals surface area contributed by atoms with Crippen LogP contribution in [0.15, 0.2) is 5.10 Å². The number of amides is 1. The SMILES string of the molecule is C/C(CCC(C)C)=N/NC(=O)c1[nH+]c(Cl)c(Cl)c(N)c1Cl. The number of rotatable bonds is 5. The number of nitrogens with zero attached hydrogens (tertiary/aromatic N) is 1. The summed E-state index contributed by atoms with van der Waals surface area (Å²) >= 11 is 17.6. The zero-order valence-electron chi connectivity index (χ0n) is 12.1. The van der Waals surface area contributed by atoms with E-state index in [2.05, 4.69) is 29.4 Å². The Labute approximate surface area is 138 Å². The van der Waals surface area contributed by atoms with E-state index in [0.29, 0.717) is 5.92 Å². The van der Waals surface area contributed by atoms with Gasteiger partial charge in [-0.15, -0.1) is 0 Å². The summed E-state index contributed by atoms with van der Waals surface area (Å²) in [6.07, 6.45) is 1.80. The quantitative estimate of drug-likeness (QED) is 0.482. The van der Waals surface area contributed by atoms with Gasteiger partial charge in [-0.25, -0.2) is 5.43 Å². The van der Waals surface area contributed by atoms with Crippen molar-refractivity contribution in [3.05, 3.63) is 20.9 Å². The minimum atomic E-state index is -0.533. The van der Waals surface area contributed by atoms with Crippen LogP contribution in [0, 0.1) is 5.92 Å². The number of hydrazone groups is 1. The van der Waals surface area contributed by atoms with Crippen molar-refractivity contribution in [2.24, 2.45) is 11.0 Å². The van der Waals surface area contributed by atoms with Gasteiger partial charge in [0.05, 0.1) is 5.69 Å². The number of carbonyl (C=O) groups excluding carboxylic acids is 1. The third-order valence-electron chi connectivity index (χ3n) is 2.78. The number of H-pyrrole nitrogens is 1. The van der Waals surface area contributed by atoms with Crippen LogP contribution in [0.3, 0.4) is 0 Å². The topological polar surface area (TPSA) is 81.6 Å². The van der Waals surface area contributed by atoms with Gasteiger partial charge in [0.1, 0.15) is 10.0 Å². The van der Waals surface area contributed by atoms with E-state index < -0.39 is 5.91 Å². The van der Waals surface area contributed by atoms with Gasteiger partial charge in [0.15, 0.2) is 0 Å². The first-order chi connectivity index (χ1) is 9.73. The molecule has 0 fully saturated rings. The molecule has 21 heavy (non-hydrogen) atoms. The van der Waals surface area contributed by atoms with Gasteiger partial charge in [0, 0.05) is 5.71 Å². The Bertz CT molecular complexity index is 573. The standard InChI is InChI=1S/C13H17Cl3N4O/c1-6(2)4-5-7(3)19-20-13(21)11-8(14)10(17)9(15)12(16)18-11/h6H,4-5H2,1-3H3,(H2,17,18)(H,20,21)/p+1/b19-7-. The number of aromatic amines is 1. The predicted molar refractivity (Wildman–Crippen MR) is 87.1 cm³/mol. The fourth-order valence-electron chi connectivity index (χ4n) is 1.48. The molecule has 0 unspecified atom stereocenters. The number of aromatic nitrogens is 1. The maximum absolute atomic E-state index is 12.0. The average Bonchev–Trinajstić information content (AvgIpc) is 2.44. The largest absolute Gasteiger partial charge is 0.396 e. The van der Waals surface area contributed by atoms with Gasteiger partial charge >= 0.3 is 5.91 Å². The minimum absolute atomic E-state index is 0.0110. The van der Waals surface area contributed by atoms with Crippen molar-refractivity contribution >= 4 is 52.1 Å². The smallest absolute Gasteiger partial charge is 0.337 e. The highest BCUT2D eigenvalue weighted by atomic mass is 35.5. The van der Waals surface area contributed by atoms with E-state index in [1.165, 1.54) is 0 Å². The van der Waals surface area contributed by atoms with Crippen molar-refractivity contribution in [2.45, 2.75) is 33.6 Å². The van der Waals surface area contributed by atoms with Gasteiger partial charge in [0.25, 0.3) is 10.8 Å². The van der Waals surface area contributed by atoms with Crippen LogP contribution in [0.1, 0.15) is 44.1 Å². The van der Waals surface area contributed by atoms with Crippen molar-refractivity contribution in [3.63, 3.8) is 0 Å². The third-order valence-corrected chi connectivity index (χ3v) is 3.94. The van der Waals surface area contributed by atoms with Crippen LogP contribution in [0.4, 0.5) is 5.69 Å². The molecule has 1 aromatic rings. The summed E-state index contributed by atoms with van der Waals surface area (Å²) in [6, 6.07) is 0. The molecule has 1 amide bonds. The zero-order chi connectivity index (χ0) is 16.2. The van der Waals surface area contributed by atoms with Crippen LogP contribution in [0.2, 0.25) is 15.2 Å². The maximum atomic E-state index is 12.0. The molecule has 8 heteroatoms. The zero-order valence-corrected chi connectivity index (χ0v) is 14.3. The number of pyridine rings is 1. The number of hydrogen-bond acceptors (Lipinski definition) is 3. The molecular weight excluding hydrogens is 335 g/mol. The molecular formula is C13H18Cl3N4O+. The summed E-state index contributed by atoms with van der Waals surface area (Å²) in [5.74, 6) is 0.0395. The molecule has 116 valence electrons. The van der Waals surface area contributed by atoms with Gasteiger partial charge in [-0.1, -0.05) is 37.0 Å². The first-order valence-electron chi connectivity index (χ1n) is 6.42. The normalized spacial score (nSPS) is 11.9. The van der Waals surface area contributed by atoms with Crippen molar-refractivity contribution < 1.29 is 9.78 Å². The van der Waals surface area contributed by atoms with E-state index in [1.807, 2.05) is 6.92 Å². The molecule has 0 aliphatic carbocycles. The second-order valence-electron chi connectivity index (χ2n) is 5.08. The number of anilines is 1. The second-order valence-corrected chi connectivity index (χ2v) is 6.21. The molecule has 1 aromatic heterocycles. The first-order valence-corrected chi connectivity index (χ1v) is 7.56. The molecule has 4 N–H and O–H groups in total. The number of nitrogen functional groups attached to an aromatic ring is 1. The number of hydrogen-bond donors (Lipinski definition) is 2. The summed E-state index contributed by atoms with van der Waals surface area (Å²) in [5, 5.41) is 4.15. The lowest BCUT2D eigenvalue weighted by Gasteiger charge is -2.05. The molecule has 0 atom stereocenters. The van der Waals surface area contributed by atoms with E-state index in [4.69, 9.17) is 40.5 Å². The Hall–Kier alpha value is -1.04. The Morgan fingerprint density at radius 3 is 2.52 bits per heavy atom. The summed E-state index contributed by atoms with van der Waals surface area (Å²) in [7, 11) is 0. The summed E-state index contributed by atoms with van der Waals surface area (Å²) in [5.41, 5.74) is 8.97. The molecule has 0 bridgehead atoms. The number of carbonyl (C=O) groups is 1. The van der Waals surface area contributed by atoms with Crippen LogP contribution in [0.5, 0.6) is 0 Å². The lowest BCUT2D eigenvalue weighted by atomic mass is 10.1. The van der Waals surface area contributed by atoms with E-state index in [9.17, 15) is 4.79 Å². The molecule has 0 aromatic carbocycles. The van der Waals surface area contributed by atoms with Gasteiger partial charge in [-0.2, -0.15) is 10.1 Å². The van der Waals surface area contributed by atoms with Crippen LogP contribution >= 0.6 is 34.8 Å². The Morgan fingerprint density at radius 1 is 1.33 bits per heavy atom. The fourth-order valence-corrected chi connectivity index (χ4v) is 2.09. The Balaban J connectivity index is 2.84. The number of nitrogens with one attached hydrogen (secondary N) is 2. The molecule has 0 aliphatic heterocycles. The van der Waals surface area contributed by atoms with Crippen LogP contribution < -0.4 is 16.1 Å². The minimum Gasteiger partial charge on any atom is -0.396 e. The highest BCUT2D eigenvalue weighted by molar-refractivity contribution is 6.45. The fraction of sp³-hybridized carbons (Fsp3) is 0.462.